The van der Waals surface area contributed by atoms with E-state index in [0.717, 1.165) is 32.7 Å². The van der Waals surface area contributed by atoms with Crippen molar-refractivity contribution < 1.29 is 0 Å². The van der Waals surface area contributed by atoms with Gasteiger partial charge in [0.25, 0.3) is 0 Å². The van der Waals surface area contributed by atoms with Gasteiger partial charge in [0.05, 0.1) is 0 Å². The number of hydrogen-bond donors (Lipinski definition) is 1. The van der Waals surface area contributed by atoms with Crippen molar-refractivity contribution in [2.45, 2.75) is 39.8 Å². The van der Waals surface area contributed by atoms with Crippen molar-refractivity contribution in [1.29, 1.82) is 0 Å². The Morgan fingerprint density at radius 3 is 2.30 bits per heavy atom. The van der Waals surface area contributed by atoms with Crippen LogP contribution in [-0.2, 0) is 6.54 Å². The van der Waals surface area contributed by atoms with E-state index >= 15 is 0 Å². The molecule has 0 atom stereocenters. The maximum atomic E-state index is 3.56. The van der Waals surface area contributed by atoms with E-state index in [-0.39, 0.29) is 5.54 Å². The molecule has 1 aromatic rings. The molecule has 1 aliphatic rings. The van der Waals surface area contributed by atoms with E-state index in [1.54, 1.807) is 0 Å². The first-order chi connectivity index (χ1) is 9.35. The fourth-order valence-electron chi connectivity index (χ4n) is 2.50. The first kappa shape index (κ1) is 15.3. The second-order valence-electron chi connectivity index (χ2n) is 7.00. The molecule has 20 heavy (non-hydrogen) atoms. The highest BCUT2D eigenvalue weighted by Gasteiger charge is 2.15. The van der Waals surface area contributed by atoms with Crippen molar-refractivity contribution in [3.8, 4) is 0 Å². The Hall–Kier alpha value is -1.06. The smallest absolute Gasteiger partial charge is 0.0369 e. The lowest BCUT2D eigenvalue weighted by atomic mass is 10.0. The number of nitrogens with one attached hydrogen (secondary N) is 1. The zero-order valence-electron chi connectivity index (χ0n) is 13.7. The Labute approximate surface area is 124 Å². The molecule has 1 fully saturated rings. The summed E-state index contributed by atoms with van der Waals surface area (Å²) in [6.45, 7) is 14.4. The van der Waals surface area contributed by atoms with Crippen LogP contribution in [0.4, 0.5) is 5.69 Å². The SMILES string of the molecule is Cc1cc(N2CCN(C)CC2)ccc1CNC(C)(C)C. The van der Waals surface area contributed by atoms with E-state index in [1.165, 1.54) is 16.8 Å². The standard InChI is InChI=1S/C17H29N3/c1-14-12-16(20-10-8-19(5)9-11-20)7-6-15(14)13-18-17(2,3)4/h6-7,12,18H,8-11,13H2,1-5H3. The fraction of sp³-hybridized carbons (Fsp3) is 0.647. The molecule has 3 nitrogen and oxygen atoms in total. The lowest BCUT2D eigenvalue weighted by Gasteiger charge is -2.34. The summed E-state index contributed by atoms with van der Waals surface area (Å²) in [5.74, 6) is 0. The normalized spacial score (nSPS) is 17.6. The van der Waals surface area contributed by atoms with Crippen molar-refractivity contribution in [3.05, 3.63) is 29.3 Å². The number of benzene rings is 1. The monoisotopic (exact) mass is 275 g/mol. The summed E-state index contributed by atoms with van der Waals surface area (Å²) in [5, 5.41) is 3.56. The van der Waals surface area contributed by atoms with Crippen LogP contribution in [0.25, 0.3) is 0 Å². The minimum atomic E-state index is 0.169. The van der Waals surface area contributed by atoms with E-state index in [9.17, 15) is 0 Å². The largest absolute Gasteiger partial charge is 0.369 e. The molecule has 0 aromatic heterocycles. The van der Waals surface area contributed by atoms with E-state index in [1.807, 2.05) is 0 Å². The van der Waals surface area contributed by atoms with Crippen LogP contribution in [0, 0.1) is 6.92 Å². The molecule has 0 unspecified atom stereocenters. The lowest BCUT2D eigenvalue weighted by molar-refractivity contribution is 0.313. The van der Waals surface area contributed by atoms with Crippen LogP contribution in [-0.4, -0.2) is 43.7 Å². The predicted molar refractivity (Wildman–Crippen MR) is 87.5 cm³/mol. The molecule has 0 aliphatic carbocycles. The van der Waals surface area contributed by atoms with Crippen molar-refractivity contribution in [2.24, 2.45) is 0 Å². The third-order valence-corrected chi connectivity index (χ3v) is 4.00. The van der Waals surface area contributed by atoms with Crippen LogP contribution in [0.3, 0.4) is 0 Å². The van der Waals surface area contributed by atoms with Crippen LogP contribution in [0.2, 0.25) is 0 Å². The number of aryl methyl sites for hydroxylation is 1. The third-order valence-electron chi connectivity index (χ3n) is 4.00. The Morgan fingerprint density at radius 1 is 1.10 bits per heavy atom. The zero-order valence-corrected chi connectivity index (χ0v) is 13.7. The second-order valence-corrected chi connectivity index (χ2v) is 7.00. The highest BCUT2D eigenvalue weighted by molar-refractivity contribution is 5.51. The highest BCUT2D eigenvalue weighted by Crippen LogP contribution is 2.21. The molecule has 3 heteroatoms. The van der Waals surface area contributed by atoms with Crippen LogP contribution < -0.4 is 10.2 Å². The van der Waals surface area contributed by atoms with Gasteiger partial charge in [-0.05, 0) is 58.0 Å². The Balaban J connectivity index is 2.02. The van der Waals surface area contributed by atoms with E-state index in [0.29, 0.717) is 0 Å². The molecule has 1 N–H and O–H groups in total. The average Bonchev–Trinajstić information content (AvgIpc) is 2.37. The average molecular weight is 275 g/mol. The minimum Gasteiger partial charge on any atom is -0.369 e. The number of anilines is 1. The summed E-state index contributed by atoms with van der Waals surface area (Å²) >= 11 is 0. The Bertz CT molecular complexity index is 440. The van der Waals surface area contributed by atoms with Gasteiger partial charge < -0.3 is 15.1 Å². The molecular weight excluding hydrogens is 246 g/mol. The molecule has 1 aliphatic heterocycles. The van der Waals surface area contributed by atoms with Gasteiger partial charge in [-0.1, -0.05) is 6.07 Å². The van der Waals surface area contributed by atoms with Crippen molar-refractivity contribution >= 4 is 5.69 Å². The zero-order chi connectivity index (χ0) is 14.8. The molecule has 0 radical (unpaired) electrons. The van der Waals surface area contributed by atoms with Crippen molar-refractivity contribution in [2.75, 3.05) is 38.1 Å². The van der Waals surface area contributed by atoms with Gasteiger partial charge in [-0.15, -0.1) is 0 Å². The Kier molecular flexibility index (Phi) is 4.71. The highest BCUT2D eigenvalue weighted by atomic mass is 15.2. The second kappa shape index (κ2) is 6.15. The van der Waals surface area contributed by atoms with E-state index in [2.05, 4.69) is 68.1 Å². The molecule has 2 rings (SSSR count). The van der Waals surface area contributed by atoms with Gasteiger partial charge in [0.2, 0.25) is 0 Å². The molecule has 0 bridgehead atoms. The van der Waals surface area contributed by atoms with Gasteiger partial charge in [0.1, 0.15) is 0 Å². The molecule has 1 aromatic carbocycles. The third kappa shape index (κ3) is 4.22. The summed E-state index contributed by atoms with van der Waals surface area (Å²) in [5.41, 5.74) is 4.33. The minimum absolute atomic E-state index is 0.169. The molecule has 0 amide bonds. The molecule has 1 heterocycles. The lowest BCUT2D eigenvalue weighted by Crippen LogP contribution is -2.44. The molecular formula is C17H29N3. The fourth-order valence-corrected chi connectivity index (χ4v) is 2.50. The number of piperazine rings is 1. The van der Waals surface area contributed by atoms with Crippen molar-refractivity contribution in [1.82, 2.24) is 10.2 Å². The van der Waals surface area contributed by atoms with Crippen LogP contribution in [0.15, 0.2) is 18.2 Å². The summed E-state index contributed by atoms with van der Waals surface area (Å²) in [7, 11) is 2.20. The van der Waals surface area contributed by atoms with E-state index in [4.69, 9.17) is 0 Å². The summed E-state index contributed by atoms with van der Waals surface area (Å²) < 4.78 is 0. The summed E-state index contributed by atoms with van der Waals surface area (Å²) in [6, 6.07) is 6.89. The van der Waals surface area contributed by atoms with Gasteiger partial charge in [-0.2, -0.15) is 0 Å². The maximum absolute atomic E-state index is 3.56. The first-order valence-corrected chi connectivity index (χ1v) is 7.63. The van der Waals surface area contributed by atoms with E-state index < -0.39 is 0 Å². The van der Waals surface area contributed by atoms with Crippen molar-refractivity contribution in [3.63, 3.8) is 0 Å². The van der Waals surface area contributed by atoms with Gasteiger partial charge in [-0.3, -0.25) is 0 Å². The molecule has 0 saturated carbocycles. The molecule has 1 saturated heterocycles. The van der Waals surface area contributed by atoms with Crippen LogP contribution >= 0.6 is 0 Å². The predicted octanol–water partition coefficient (Wildman–Crippen LogP) is 2.63. The maximum Gasteiger partial charge on any atom is 0.0369 e. The summed E-state index contributed by atoms with van der Waals surface area (Å²) in [6.07, 6.45) is 0. The first-order valence-electron chi connectivity index (χ1n) is 7.63. The van der Waals surface area contributed by atoms with Gasteiger partial charge in [0, 0.05) is 44.0 Å². The molecule has 112 valence electrons. The topological polar surface area (TPSA) is 18.5 Å². The number of rotatable bonds is 3. The van der Waals surface area contributed by atoms with Gasteiger partial charge in [-0.25, -0.2) is 0 Å². The van der Waals surface area contributed by atoms with Crippen LogP contribution in [0.1, 0.15) is 31.9 Å². The number of nitrogens with zero attached hydrogens (tertiary/aromatic N) is 2. The quantitative estimate of drug-likeness (QED) is 0.915. The molecule has 0 spiro atoms. The van der Waals surface area contributed by atoms with Crippen LogP contribution in [0.5, 0.6) is 0 Å². The Morgan fingerprint density at radius 2 is 1.75 bits per heavy atom. The van der Waals surface area contributed by atoms with Gasteiger partial charge >= 0.3 is 0 Å². The number of hydrogen-bond acceptors (Lipinski definition) is 3. The van der Waals surface area contributed by atoms with Gasteiger partial charge in [0.15, 0.2) is 0 Å². The summed E-state index contributed by atoms with van der Waals surface area (Å²) in [4.78, 5) is 4.89. The number of likely N-dealkylation sites (N-methyl/N-ethyl adjacent to an activating group) is 1.